The molecule has 8 rings (SSSR count). The van der Waals surface area contributed by atoms with Crippen molar-refractivity contribution in [1.29, 1.82) is 0 Å². The number of halogens is 3. The molecular weight excluding hydrogens is 788 g/mol. The number of aryl methyl sites for hydroxylation is 1. The van der Waals surface area contributed by atoms with Gasteiger partial charge in [0.25, 0.3) is 21.9 Å². The highest BCUT2D eigenvalue weighted by Gasteiger charge is 2.45. The zero-order valence-electron chi connectivity index (χ0n) is 32.1. The molecule has 0 aliphatic carbocycles. The molecule has 58 heavy (non-hydrogen) atoms. The third-order valence-corrected chi connectivity index (χ3v) is 12.8. The van der Waals surface area contributed by atoms with Crippen molar-refractivity contribution in [2.75, 3.05) is 74.1 Å². The number of carbonyl (C=O) groups is 1. The third kappa shape index (κ3) is 9.17. The highest BCUT2D eigenvalue weighted by Crippen LogP contribution is 2.37. The summed E-state index contributed by atoms with van der Waals surface area (Å²) in [6.45, 7) is 6.68. The molecule has 0 radical (unpaired) electrons. The monoisotopic (exact) mass is 833 g/mol. The normalized spacial score (nSPS) is 19.1. The van der Waals surface area contributed by atoms with Gasteiger partial charge in [0.1, 0.15) is 17.1 Å². The lowest BCUT2D eigenvalue weighted by molar-refractivity contribution is 0.0209. The second kappa shape index (κ2) is 16.7. The van der Waals surface area contributed by atoms with Gasteiger partial charge in [-0.1, -0.05) is 11.6 Å². The molecule has 1 amide bonds. The Morgan fingerprint density at radius 2 is 1.76 bits per heavy atom. The number of hydrogen-bond donors (Lipinski definition) is 3. The van der Waals surface area contributed by atoms with Gasteiger partial charge < -0.3 is 29.6 Å². The van der Waals surface area contributed by atoms with Gasteiger partial charge in [-0.05, 0) is 98.0 Å². The number of pyridine rings is 1. The number of sulfonamides is 1. The first-order valence-electron chi connectivity index (χ1n) is 19.5. The first-order valence-corrected chi connectivity index (χ1v) is 21.4. The van der Waals surface area contributed by atoms with E-state index in [9.17, 15) is 22.0 Å². The van der Waals surface area contributed by atoms with Crippen LogP contribution in [0.3, 0.4) is 0 Å². The fourth-order valence-corrected chi connectivity index (χ4v) is 9.18. The highest BCUT2D eigenvalue weighted by molar-refractivity contribution is 7.90. The lowest BCUT2D eigenvalue weighted by Gasteiger charge is -2.38. The fraction of sp³-hybridized carbons (Fsp3) is 0.381. The highest BCUT2D eigenvalue weighted by atomic mass is 35.5. The summed E-state index contributed by atoms with van der Waals surface area (Å²) in [6, 6.07) is 20.1. The molecule has 0 unspecified atom stereocenters. The first kappa shape index (κ1) is 39.8. The summed E-state index contributed by atoms with van der Waals surface area (Å²) in [5.41, 5.74) is 3.75. The maximum Gasteiger partial charge on any atom is 0.268 e. The van der Waals surface area contributed by atoms with E-state index in [1.54, 1.807) is 71.8 Å². The number of amides is 1. The van der Waals surface area contributed by atoms with Gasteiger partial charge in [0.15, 0.2) is 0 Å². The summed E-state index contributed by atoms with van der Waals surface area (Å²) >= 11 is 6.07. The third-order valence-electron chi connectivity index (χ3n) is 11.2. The van der Waals surface area contributed by atoms with Crippen molar-refractivity contribution in [3.63, 3.8) is 0 Å². The molecule has 16 heteroatoms. The Bertz CT molecular complexity index is 2370. The second-order valence-corrected chi connectivity index (χ2v) is 17.4. The molecule has 12 nitrogen and oxygen atoms in total. The molecule has 0 saturated carbocycles. The topological polar surface area (TPSA) is 132 Å². The van der Waals surface area contributed by atoms with Crippen LogP contribution in [0.15, 0.2) is 90.1 Å². The molecule has 3 aliphatic rings. The van der Waals surface area contributed by atoms with Crippen molar-refractivity contribution in [2.45, 2.75) is 43.0 Å². The van der Waals surface area contributed by atoms with Crippen LogP contribution in [-0.4, -0.2) is 100 Å². The average molecular weight is 834 g/mol. The Kier molecular flexibility index (Phi) is 11.5. The number of rotatable bonds is 12. The van der Waals surface area contributed by atoms with Crippen LogP contribution in [0.5, 0.6) is 11.5 Å². The van der Waals surface area contributed by atoms with E-state index < -0.39 is 21.9 Å². The van der Waals surface area contributed by atoms with E-state index in [0.717, 1.165) is 60.6 Å². The zero-order valence-corrected chi connectivity index (χ0v) is 33.7. The standard InChI is InChI=1S/C42H46ClF2N7O5S/c1-28-20-36(7-9-38(28)47-24-29-11-18-56-19-12-29)58(54,55)49-41(53)37-8-6-33(22-39(37)57-35-21-30-10-13-46-40(30)48-25-35)51-16-14-50(15-17-51)26-34-23-42(44,45)27-52(34)32-4-2-31(43)3-5-32/h2-10,13,20-22,25,29,34,47H,11-12,14-19,23-24,26-27H2,1H3,(H,46,48)(H,49,53)/t34-/m0/s1. The van der Waals surface area contributed by atoms with Crippen LogP contribution in [0.1, 0.15) is 35.2 Å². The number of alkyl halides is 2. The number of ether oxygens (including phenoxy) is 2. The van der Waals surface area contributed by atoms with Crippen molar-refractivity contribution >= 4 is 55.6 Å². The number of hydrogen-bond acceptors (Lipinski definition) is 10. The van der Waals surface area contributed by atoms with E-state index in [1.807, 2.05) is 13.0 Å². The number of piperazine rings is 1. The van der Waals surface area contributed by atoms with Crippen molar-refractivity contribution in [2.24, 2.45) is 5.92 Å². The van der Waals surface area contributed by atoms with Crippen LogP contribution in [0.4, 0.5) is 25.8 Å². The molecule has 3 saturated heterocycles. The Balaban J connectivity index is 0.971. The summed E-state index contributed by atoms with van der Waals surface area (Å²) in [5.74, 6) is -2.64. The number of nitrogens with zero attached hydrogens (tertiary/aromatic N) is 4. The number of H-pyrrole nitrogens is 1. The average Bonchev–Trinajstić information content (AvgIpc) is 3.80. The molecule has 3 N–H and O–H groups in total. The minimum absolute atomic E-state index is 0.0241. The van der Waals surface area contributed by atoms with E-state index in [4.69, 9.17) is 21.1 Å². The second-order valence-electron chi connectivity index (χ2n) is 15.3. The minimum atomic E-state index is -4.26. The Morgan fingerprint density at radius 3 is 2.52 bits per heavy atom. The molecule has 2 aromatic heterocycles. The van der Waals surface area contributed by atoms with Gasteiger partial charge in [0.2, 0.25) is 0 Å². The number of aromatic nitrogens is 2. The van der Waals surface area contributed by atoms with E-state index in [1.165, 1.54) is 12.3 Å². The van der Waals surface area contributed by atoms with Gasteiger partial charge in [-0.2, -0.15) is 0 Å². The molecule has 1 atom stereocenters. The van der Waals surface area contributed by atoms with Crippen LogP contribution in [0, 0.1) is 12.8 Å². The van der Waals surface area contributed by atoms with Crippen LogP contribution in [0.25, 0.3) is 11.0 Å². The Labute approximate surface area is 341 Å². The van der Waals surface area contributed by atoms with Gasteiger partial charge in [-0.3, -0.25) is 9.69 Å². The molecular formula is C42H46ClF2N7O5S. The van der Waals surface area contributed by atoms with E-state index in [0.29, 0.717) is 55.1 Å². The predicted octanol–water partition coefficient (Wildman–Crippen LogP) is 7.31. The quantitative estimate of drug-likeness (QED) is 0.118. The predicted molar refractivity (Wildman–Crippen MR) is 221 cm³/mol. The van der Waals surface area contributed by atoms with Crippen LogP contribution in [0.2, 0.25) is 5.02 Å². The zero-order chi connectivity index (χ0) is 40.4. The van der Waals surface area contributed by atoms with E-state index >= 15 is 0 Å². The van der Waals surface area contributed by atoms with Gasteiger partial charge in [-0.25, -0.2) is 26.9 Å². The van der Waals surface area contributed by atoms with Gasteiger partial charge >= 0.3 is 0 Å². The molecule has 306 valence electrons. The molecule has 3 fully saturated rings. The number of carbonyl (C=O) groups excluding carboxylic acids is 1. The van der Waals surface area contributed by atoms with Gasteiger partial charge in [0.05, 0.1) is 23.2 Å². The number of benzene rings is 3. The summed E-state index contributed by atoms with van der Waals surface area (Å²) in [6.07, 6.45) is 5.02. The number of fused-ring (bicyclic) bond motifs is 1. The summed E-state index contributed by atoms with van der Waals surface area (Å²) in [7, 11) is -4.26. The summed E-state index contributed by atoms with van der Waals surface area (Å²) in [4.78, 5) is 27.4. The lowest BCUT2D eigenvalue weighted by atomic mass is 10.0. The summed E-state index contributed by atoms with van der Waals surface area (Å²) in [5, 5.41) is 4.78. The van der Waals surface area contributed by atoms with Crippen LogP contribution in [-0.2, 0) is 14.8 Å². The van der Waals surface area contributed by atoms with Gasteiger partial charge in [-0.15, -0.1) is 0 Å². The molecule has 3 aromatic carbocycles. The summed E-state index contributed by atoms with van der Waals surface area (Å²) < 4.78 is 70.6. The molecule has 0 bridgehead atoms. The molecule has 0 spiro atoms. The fourth-order valence-electron chi connectivity index (χ4n) is 8.01. The smallest absolute Gasteiger partial charge is 0.268 e. The number of anilines is 3. The van der Waals surface area contributed by atoms with Crippen LogP contribution < -0.4 is 24.6 Å². The van der Waals surface area contributed by atoms with E-state index in [2.05, 4.69) is 29.8 Å². The minimum Gasteiger partial charge on any atom is -0.455 e. The first-order chi connectivity index (χ1) is 27.9. The lowest BCUT2D eigenvalue weighted by Crippen LogP contribution is -2.50. The Hall–Kier alpha value is -4.96. The van der Waals surface area contributed by atoms with Gasteiger partial charge in [0, 0.05) is 105 Å². The van der Waals surface area contributed by atoms with Crippen molar-refractivity contribution in [3.8, 4) is 11.5 Å². The molecule has 5 heterocycles. The Morgan fingerprint density at radius 1 is 1.00 bits per heavy atom. The SMILES string of the molecule is Cc1cc(S(=O)(=O)NC(=O)c2ccc(N3CCN(C[C@@H]4CC(F)(F)CN4c4ccc(Cl)cc4)CC3)cc2Oc2cnc3[nH]ccc3c2)ccc1NCC1CCOCC1. The number of nitrogens with one attached hydrogen (secondary N) is 3. The van der Waals surface area contributed by atoms with Crippen molar-refractivity contribution in [3.05, 3.63) is 101 Å². The van der Waals surface area contributed by atoms with Crippen molar-refractivity contribution < 1.29 is 31.5 Å². The molecule has 3 aliphatic heterocycles. The largest absolute Gasteiger partial charge is 0.455 e. The maximum absolute atomic E-state index is 14.7. The van der Waals surface area contributed by atoms with Crippen LogP contribution >= 0.6 is 11.6 Å². The maximum atomic E-state index is 14.7. The molecule has 5 aromatic rings. The number of aromatic amines is 1. The van der Waals surface area contributed by atoms with E-state index in [-0.39, 0.29) is 35.2 Å². The van der Waals surface area contributed by atoms with Crippen molar-refractivity contribution in [1.82, 2.24) is 19.6 Å².